The predicted octanol–water partition coefficient (Wildman–Crippen LogP) is 1.30. The standard InChI is InChI=1S/C12H20N2O3/c1-4-5-14-11(10(17-3)8-13-14)12(15)6-9(7-12)16-2/h8-9,15H,4-7H2,1-3H3. The summed E-state index contributed by atoms with van der Waals surface area (Å²) in [4.78, 5) is 0. The lowest BCUT2D eigenvalue weighted by molar-refractivity contribution is -0.138. The second kappa shape index (κ2) is 4.66. The van der Waals surface area contributed by atoms with E-state index in [0.29, 0.717) is 18.6 Å². The summed E-state index contributed by atoms with van der Waals surface area (Å²) in [7, 11) is 3.28. The highest BCUT2D eigenvalue weighted by Crippen LogP contribution is 2.46. The lowest BCUT2D eigenvalue weighted by Gasteiger charge is -2.42. The highest BCUT2D eigenvalue weighted by atomic mass is 16.5. The van der Waals surface area contributed by atoms with Crippen molar-refractivity contribution in [2.24, 2.45) is 0 Å². The Balaban J connectivity index is 2.27. The molecule has 1 aliphatic rings. The van der Waals surface area contributed by atoms with Crippen LogP contribution in [0, 0.1) is 0 Å². The SMILES string of the molecule is CCCn1ncc(OC)c1C1(O)CC(OC)C1. The van der Waals surface area contributed by atoms with Gasteiger partial charge >= 0.3 is 0 Å². The van der Waals surface area contributed by atoms with Crippen LogP contribution in [-0.4, -0.2) is 35.2 Å². The molecule has 1 heterocycles. The molecule has 1 saturated carbocycles. The van der Waals surface area contributed by atoms with Crippen molar-refractivity contribution in [3.8, 4) is 5.75 Å². The average Bonchev–Trinajstić information content (AvgIpc) is 2.68. The molecule has 0 aromatic carbocycles. The van der Waals surface area contributed by atoms with Crippen molar-refractivity contribution in [3.63, 3.8) is 0 Å². The number of ether oxygens (including phenoxy) is 2. The van der Waals surface area contributed by atoms with Crippen molar-refractivity contribution >= 4 is 0 Å². The van der Waals surface area contributed by atoms with Crippen molar-refractivity contribution < 1.29 is 14.6 Å². The van der Waals surface area contributed by atoms with E-state index >= 15 is 0 Å². The van der Waals surface area contributed by atoms with Gasteiger partial charge in [0.05, 0.1) is 19.4 Å². The van der Waals surface area contributed by atoms with Gasteiger partial charge in [-0.05, 0) is 6.42 Å². The highest BCUT2D eigenvalue weighted by molar-refractivity contribution is 5.33. The van der Waals surface area contributed by atoms with Crippen LogP contribution in [0.2, 0.25) is 0 Å². The number of nitrogens with zero attached hydrogens (tertiary/aromatic N) is 2. The zero-order chi connectivity index (χ0) is 12.5. The van der Waals surface area contributed by atoms with Crippen LogP contribution in [0.25, 0.3) is 0 Å². The van der Waals surface area contributed by atoms with Gasteiger partial charge in [-0.25, -0.2) is 0 Å². The Bertz CT molecular complexity index is 383. The van der Waals surface area contributed by atoms with Gasteiger partial charge in [0.1, 0.15) is 11.3 Å². The normalized spacial score (nSPS) is 27.9. The average molecular weight is 240 g/mol. The molecule has 1 fully saturated rings. The van der Waals surface area contributed by atoms with E-state index < -0.39 is 5.60 Å². The molecule has 5 nitrogen and oxygen atoms in total. The topological polar surface area (TPSA) is 56.5 Å². The summed E-state index contributed by atoms with van der Waals surface area (Å²) in [5.74, 6) is 0.663. The van der Waals surface area contributed by atoms with Crippen molar-refractivity contribution in [1.82, 2.24) is 9.78 Å². The van der Waals surface area contributed by atoms with Crippen molar-refractivity contribution in [3.05, 3.63) is 11.9 Å². The molecule has 0 atom stereocenters. The number of aliphatic hydroxyl groups is 1. The molecule has 0 spiro atoms. The quantitative estimate of drug-likeness (QED) is 0.842. The van der Waals surface area contributed by atoms with Gasteiger partial charge in [0.25, 0.3) is 0 Å². The minimum absolute atomic E-state index is 0.134. The van der Waals surface area contributed by atoms with Crippen LogP contribution in [-0.2, 0) is 16.9 Å². The molecule has 0 amide bonds. The van der Waals surface area contributed by atoms with Gasteiger partial charge in [-0.15, -0.1) is 0 Å². The van der Waals surface area contributed by atoms with E-state index in [4.69, 9.17) is 9.47 Å². The largest absolute Gasteiger partial charge is 0.493 e. The third-order valence-electron chi connectivity index (χ3n) is 3.37. The molecular weight excluding hydrogens is 220 g/mol. The molecule has 96 valence electrons. The summed E-state index contributed by atoms with van der Waals surface area (Å²) in [6.45, 7) is 2.87. The summed E-state index contributed by atoms with van der Waals surface area (Å²) >= 11 is 0. The third kappa shape index (κ3) is 2.05. The lowest BCUT2D eigenvalue weighted by Crippen LogP contribution is -2.47. The number of hydrogen-bond acceptors (Lipinski definition) is 4. The van der Waals surface area contributed by atoms with E-state index in [9.17, 15) is 5.11 Å². The molecule has 1 aliphatic carbocycles. The van der Waals surface area contributed by atoms with Crippen LogP contribution in [0.1, 0.15) is 31.9 Å². The molecule has 0 radical (unpaired) electrons. The molecule has 0 bridgehead atoms. The smallest absolute Gasteiger partial charge is 0.162 e. The number of aromatic nitrogens is 2. The first-order valence-electron chi connectivity index (χ1n) is 6.00. The van der Waals surface area contributed by atoms with Crippen molar-refractivity contribution in [1.29, 1.82) is 0 Å². The van der Waals surface area contributed by atoms with Crippen LogP contribution < -0.4 is 4.74 Å². The van der Waals surface area contributed by atoms with Crippen LogP contribution in [0.5, 0.6) is 5.75 Å². The molecule has 0 saturated heterocycles. The Morgan fingerprint density at radius 3 is 2.76 bits per heavy atom. The minimum Gasteiger partial charge on any atom is -0.493 e. The summed E-state index contributed by atoms with van der Waals surface area (Å²) in [5.41, 5.74) is -0.0623. The van der Waals surface area contributed by atoms with E-state index in [1.165, 1.54) is 0 Å². The summed E-state index contributed by atoms with van der Waals surface area (Å²) in [6, 6.07) is 0. The number of aryl methyl sites for hydroxylation is 1. The van der Waals surface area contributed by atoms with E-state index in [2.05, 4.69) is 12.0 Å². The van der Waals surface area contributed by atoms with E-state index in [-0.39, 0.29) is 6.10 Å². The van der Waals surface area contributed by atoms with Gasteiger partial charge in [-0.3, -0.25) is 4.68 Å². The first kappa shape index (κ1) is 12.4. The van der Waals surface area contributed by atoms with Crippen molar-refractivity contribution in [2.75, 3.05) is 14.2 Å². The zero-order valence-electron chi connectivity index (χ0n) is 10.6. The van der Waals surface area contributed by atoms with E-state index in [0.717, 1.165) is 18.7 Å². The second-order valence-electron chi connectivity index (χ2n) is 4.58. The van der Waals surface area contributed by atoms with Crippen molar-refractivity contribution in [2.45, 2.75) is 44.4 Å². The van der Waals surface area contributed by atoms with E-state index in [1.54, 1.807) is 20.4 Å². The Labute approximate surface area is 101 Å². The highest BCUT2D eigenvalue weighted by Gasteiger charge is 2.48. The molecule has 2 rings (SSSR count). The maximum Gasteiger partial charge on any atom is 0.162 e. The second-order valence-corrected chi connectivity index (χ2v) is 4.58. The summed E-state index contributed by atoms with van der Waals surface area (Å²) < 4.78 is 12.3. The Morgan fingerprint density at radius 1 is 1.53 bits per heavy atom. The van der Waals surface area contributed by atoms with E-state index in [1.807, 2.05) is 4.68 Å². The van der Waals surface area contributed by atoms with Gasteiger partial charge in [0.15, 0.2) is 5.75 Å². The lowest BCUT2D eigenvalue weighted by atomic mass is 9.75. The van der Waals surface area contributed by atoms with Crippen LogP contribution in [0.15, 0.2) is 6.20 Å². The summed E-state index contributed by atoms with van der Waals surface area (Å²) in [5, 5.41) is 14.8. The fraction of sp³-hybridized carbons (Fsp3) is 0.750. The Hall–Kier alpha value is -1.07. The zero-order valence-corrected chi connectivity index (χ0v) is 10.6. The third-order valence-corrected chi connectivity index (χ3v) is 3.37. The van der Waals surface area contributed by atoms with Crippen LogP contribution in [0.4, 0.5) is 0 Å². The van der Waals surface area contributed by atoms with Gasteiger partial charge in [-0.2, -0.15) is 5.10 Å². The Morgan fingerprint density at radius 2 is 2.24 bits per heavy atom. The predicted molar refractivity (Wildman–Crippen MR) is 63.0 cm³/mol. The summed E-state index contributed by atoms with van der Waals surface area (Å²) in [6.07, 6.45) is 3.99. The number of hydrogen-bond donors (Lipinski definition) is 1. The Kier molecular flexibility index (Phi) is 3.40. The van der Waals surface area contributed by atoms with Crippen LogP contribution in [0.3, 0.4) is 0 Å². The maximum atomic E-state index is 10.6. The molecular formula is C12H20N2O3. The molecule has 17 heavy (non-hydrogen) atoms. The number of methoxy groups -OCH3 is 2. The molecule has 1 N–H and O–H groups in total. The monoisotopic (exact) mass is 240 g/mol. The minimum atomic E-state index is -0.850. The van der Waals surface area contributed by atoms with Gasteiger partial charge < -0.3 is 14.6 Å². The molecule has 5 heteroatoms. The molecule has 1 aromatic rings. The first-order valence-corrected chi connectivity index (χ1v) is 6.00. The molecule has 0 unspecified atom stereocenters. The van der Waals surface area contributed by atoms with Gasteiger partial charge in [-0.1, -0.05) is 6.92 Å². The van der Waals surface area contributed by atoms with Gasteiger partial charge in [0, 0.05) is 26.5 Å². The number of rotatable bonds is 5. The maximum absolute atomic E-state index is 10.6. The fourth-order valence-electron chi connectivity index (χ4n) is 2.42. The van der Waals surface area contributed by atoms with Gasteiger partial charge in [0.2, 0.25) is 0 Å². The first-order chi connectivity index (χ1) is 8.14. The molecule has 1 aromatic heterocycles. The van der Waals surface area contributed by atoms with Crippen LogP contribution >= 0.6 is 0 Å². The molecule has 0 aliphatic heterocycles. The fourth-order valence-corrected chi connectivity index (χ4v) is 2.42.